The number of hydrogen-bond donors (Lipinski definition) is 2. The molecule has 0 atom stereocenters. The van der Waals surface area contributed by atoms with Crippen LogP contribution in [0.1, 0.15) is 29.8 Å². The molecule has 1 aromatic heterocycles. The number of anilines is 1. The number of amides is 2. The molecule has 0 bridgehead atoms. The summed E-state index contributed by atoms with van der Waals surface area (Å²) in [5.74, 6) is 0.0894. The number of hydrogen-bond acceptors (Lipinski definition) is 4. The molecule has 7 heteroatoms. The smallest absolute Gasteiger partial charge is 0.238 e. The minimum absolute atomic E-state index is 0.0193. The Balaban J connectivity index is 1.42. The first-order chi connectivity index (χ1) is 13.4. The van der Waals surface area contributed by atoms with Crippen molar-refractivity contribution in [3.8, 4) is 0 Å². The summed E-state index contributed by atoms with van der Waals surface area (Å²) >= 11 is 0. The van der Waals surface area contributed by atoms with E-state index in [1.165, 1.54) is 0 Å². The van der Waals surface area contributed by atoms with Gasteiger partial charge in [-0.3, -0.25) is 19.2 Å². The minimum atomic E-state index is -0.0359. The maximum Gasteiger partial charge on any atom is 0.238 e. The van der Waals surface area contributed by atoms with Gasteiger partial charge in [-0.1, -0.05) is 30.3 Å². The lowest BCUT2D eigenvalue weighted by Crippen LogP contribution is -2.43. The van der Waals surface area contributed by atoms with Gasteiger partial charge in [0.2, 0.25) is 11.8 Å². The van der Waals surface area contributed by atoms with Crippen molar-refractivity contribution in [1.29, 1.82) is 0 Å². The standard InChI is InChI=1S/C21H29N5O2/c1-15-20(16(2)25(3)24-15)23-19(27)14-26-11-9-18(10-12-26)21(28)22-13-17-7-5-4-6-8-17/h4-8,18H,9-14H2,1-3H3,(H,22,28)(H,23,27). The fraction of sp³-hybridized carbons (Fsp3) is 0.476. The molecule has 1 saturated heterocycles. The maximum absolute atomic E-state index is 12.4. The maximum atomic E-state index is 12.4. The van der Waals surface area contributed by atoms with Crippen LogP contribution in [0.4, 0.5) is 5.69 Å². The Labute approximate surface area is 166 Å². The molecule has 0 unspecified atom stereocenters. The van der Waals surface area contributed by atoms with Crippen molar-refractivity contribution in [1.82, 2.24) is 20.0 Å². The number of nitrogens with zero attached hydrogens (tertiary/aromatic N) is 3. The molecule has 0 spiro atoms. The van der Waals surface area contributed by atoms with Crippen LogP contribution in [0.2, 0.25) is 0 Å². The van der Waals surface area contributed by atoms with Gasteiger partial charge in [-0.25, -0.2) is 0 Å². The molecule has 3 rings (SSSR count). The van der Waals surface area contributed by atoms with Crippen LogP contribution in [0.15, 0.2) is 30.3 Å². The number of piperidine rings is 1. The Morgan fingerprint density at radius 3 is 2.43 bits per heavy atom. The number of rotatable bonds is 6. The zero-order valence-corrected chi connectivity index (χ0v) is 16.9. The van der Waals surface area contributed by atoms with Crippen LogP contribution in [0.25, 0.3) is 0 Å². The van der Waals surface area contributed by atoms with Gasteiger partial charge in [-0.2, -0.15) is 5.10 Å². The lowest BCUT2D eigenvalue weighted by molar-refractivity contribution is -0.126. The highest BCUT2D eigenvalue weighted by atomic mass is 16.2. The van der Waals surface area contributed by atoms with Gasteiger partial charge >= 0.3 is 0 Å². The number of carbonyl (C=O) groups excluding carboxylic acids is 2. The fourth-order valence-corrected chi connectivity index (χ4v) is 3.62. The van der Waals surface area contributed by atoms with E-state index in [0.29, 0.717) is 13.1 Å². The van der Waals surface area contributed by atoms with E-state index in [-0.39, 0.29) is 17.7 Å². The highest BCUT2D eigenvalue weighted by Gasteiger charge is 2.26. The Morgan fingerprint density at radius 2 is 1.82 bits per heavy atom. The van der Waals surface area contributed by atoms with Gasteiger partial charge in [-0.15, -0.1) is 0 Å². The van der Waals surface area contributed by atoms with Crippen molar-refractivity contribution in [2.75, 3.05) is 25.0 Å². The lowest BCUT2D eigenvalue weighted by Gasteiger charge is -2.30. The summed E-state index contributed by atoms with van der Waals surface area (Å²) in [7, 11) is 1.87. The van der Waals surface area contributed by atoms with Crippen molar-refractivity contribution in [3.63, 3.8) is 0 Å². The monoisotopic (exact) mass is 383 g/mol. The first-order valence-electron chi connectivity index (χ1n) is 9.78. The van der Waals surface area contributed by atoms with Crippen LogP contribution in [-0.4, -0.2) is 46.1 Å². The third-order valence-corrected chi connectivity index (χ3v) is 5.41. The van der Waals surface area contributed by atoms with Crippen LogP contribution >= 0.6 is 0 Å². The molecule has 2 N–H and O–H groups in total. The van der Waals surface area contributed by atoms with Gasteiger partial charge in [0.25, 0.3) is 0 Å². The average molecular weight is 383 g/mol. The fourth-order valence-electron chi connectivity index (χ4n) is 3.62. The summed E-state index contributed by atoms with van der Waals surface area (Å²) in [4.78, 5) is 26.9. The first-order valence-corrected chi connectivity index (χ1v) is 9.78. The first kappa shape index (κ1) is 20.1. The predicted molar refractivity (Wildman–Crippen MR) is 109 cm³/mol. The van der Waals surface area contributed by atoms with Gasteiger partial charge in [-0.05, 0) is 45.3 Å². The second-order valence-corrected chi connectivity index (χ2v) is 7.47. The molecule has 0 radical (unpaired) electrons. The second-order valence-electron chi connectivity index (χ2n) is 7.47. The largest absolute Gasteiger partial charge is 0.352 e. The molecule has 7 nitrogen and oxygen atoms in total. The summed E-state index contributed by atoms with van der Waals surface area (Å²) in [6.45, 7) is 6.24. The summed E-state index contributed by atoms with van der Waals surface area (Å²) < 4.78 is 1.77. The molecule has 28 heavy (non-hydrogen) atoms. The molecule has 2 amide bonds. The molecule has 2 heterocycles. The zero-order chi connectivity index (χ0) is 20.1. The SMILES string of the molecule is Cc1nn(C)c(C)c1NC(=O)CN1CCC(C(=O)NCc2ccccc2)CC1. The number of aryl methyl sites for hydroxylation is 2. The predicted octanol–water partition coefficient (Wildman–Crippen LogP) is 2.00. The van der Waals surface area contributed by atoms with E-state index >= 15 is 0 Å². The third-order valence-electron chi connectivity index (χ3n) is 5.41. The molecular formula is C21H29N5O2. The Bertz CT molecular complexity index is 823. The van der Waals surface area contributed by atoms with Gasteiger partial charge in [0, 0.05) is 19.5 Å². The van der Waals surface area contributed by atoms with Crippen molar-refractivity contribution in [2.45, 2.75) is 33.2 Å². The normalized spacial score (nSPS) is 15.4. The highest BCUT2D eigenvalue weighted by Crippen LogP contribution is 2.20. The molecule has 1 fully saturated rings. The van der Waals surface area contributed by atoms with Crippen LogP contribution in [0, 0.1) is 19.8 Å². The van der Waals surface area contributed by atoms with Gasteiger partial charge in [0.05, 0.1) is 23.6 Å². The van der Waals surface area contributed by atoms with Crippen LogP contribution in [-0.2, 0) is 23.2 Å². The minimum Gasteiger partial charge on any atom is -0.352 e. The number of likely N-dealkylation sites (tertiary alicyclic amines) is 1. The Hall–Kier alpha value is -2.67. The summed E-state index contributed by atoms with van der Waals surface area (Å²) in [6, 6.07) is 9.92. The summed E-state index contributed by atoms with van der Waals surface area (Å²) in [6.07, 6.45) is 1.55. The van der Waals surface area contributed by atoms with E-state index < -0.39 is 0 Å². The number of aromatic nitrogens is 2. The van der Waals surface area contributed by atoms with Gasteiger partial charge < -0.3 is 10.6 Å². The highest BCUT2D eigenvalue weighted by molar-refractivity contribution is 5.93. The van der Waals surface area contributed by atoms with Crippen molar-refractivity contribution >= 4 is 17.5 Å². The van der Waals surface area contributed by atoms with Crippen LogP contribution in [0.5, 0.6) is 0 Å². The van der Waals surface area contributed by atoms with Crippen molar-refractivity contribution < 1.29 is 9.59 Å². The molecule has 1 aliphatic rings. The Morgan fingerprint density at radius 1 is 1.14 bits per heavy atom. The van der Waals surface area contributed by atoms with Crippen molar-refractivity contribution in [3.05, 3.63) is 47.3 Å². The lowest BCUT2D eigenvalue weighted by atomic mass is 9.96. The zero-order valence-electron chi connectivity index (χ0n) is 16.9. The van der Waals surface area contributed by atoms with Crippen molar-refractivity contribution in [2.24, 2.45) is 13.0 Å². The number of benzene rings is 1. The number of nitrogens with one attached hydrogen (secondary N) is 2. The number of carbonyl (C=O) groups is 2. The molecule has 0 saturated carbocycles. The van der Waals surface area contributed by atoms with E-state index in [1.807, 2.05) is 51.2 Å². The van der Waals surface area contributed by atoms with E-state index in [1.54, 1.807) is 4.68 Å². The molecule has 2 aromatic rings. The topological polar surface area (TPSA) is 79.3 Å². The summed E-state index contributed by atoms with van der Waals surface area (Å²) in [5, 5.41) is 10.3. The molecule has 1 aliphatic heterocycles. The van der Waals surface area contributed by atoms with E-state index in [9.17, 15) is 9.59 Å². The Kier molecular flexibility index (Phi) is 6.46. The molecular weight excluding hydrogens is 354 g/mol. The third kappa shape index (κ3) is 4.98. The van der Waals surface area contributed by atoms with Gasteiger partial charge in [0.15, 0.2) is 0 Å². The quantitative estimate of drug-likeness (QED) is 0.800. The van der Waals surface area contributed by atoms with E-state index in [0.717, 1.165) is 48.6 Å². The van der Waals surface area contributed by atoms with Crippen LogP contribution in [0.3, 0.4) is 0 Å². The van der Waals surface area contributed by atoms with E-state index in [4.69, 9.17) is 0 Å². The average Bonchev–Trinajstić information content (AvgIpc) is 2.93. The van der Waals surface area contributed by atoms with Crippen LogP contribution < -0.4 is 10.6 Å². The molecule has 0 aliphatic carbocycles. The second kappa shape index (κ2) is 9.01. The summed E-state index contributed by atoms with van der Waals surface area (Å²) in [5.41, 5.74) is 3.66. The molecule has 150 valence electrons. The molecule has 1 aromatic carbocycles. The van der Waals surface area contributed by atoms with E-state index in [2.05, 4.69) is 20.6 Å². The van der Waals surface area contributed by atoms with Gasteiger partial charge in [0.1, 0.15) is 0 Å².